The fourth-order valence-electron chi connectivity index (χ4n) is 4.30. The predicted octanol–water partition coefficient (Wildman–Crippen LogP) is 4.70. The lowest BCUT2D eigenvalue weighted by Gasteiger charge is -2.24. The molecule has 2 aromatic heterocycles. The highest BCUT2D eigenvalue weighted by Crippen LogP contribution is 2.47. The molecular formula is C27H18N6O. The van der Waals surface area contributed by atoms with Gasteiger partial charge >= 0.3 is 0 Å². The molecule has 6 rings (SSSR count). The number of benzene rings is 3. The van der Waals surface area contributed by atoms with Crippen LogP contribution >= 0.6 is 0 Å². The van der Waals surface area contributed by atoms with Gasteiger partial charge in [-0.05, 0) is 24.3 Å². The zero-order chi connectivity index (χ0) is 23.1. The molecule has 0 radical (unpaired) electrons. The second-order valence-corrected chi connectivity index (χ2v) is 7.89. The summed E-state index contributed by atoms with van der Waals surface area (Å²) >= 11 is 0. The summed E-state index contributed by atoms with van der Waals surface area (Å²) in [5.41, 5.74) is 11.8. The number of aromatic nitrogens is 4. The van der Waals surface area contributed by atoms with Crippen LogP contribution < -0.4 is 10.5 Å². The fraction of sp³-hybridized carbons (Fsp3) is 0.0370. The van der Waals surface area contributed by atoms with Gasteiger partial charge in [0.25, 0.3) is 0 Å². The van der Waals surface area contributed by atoms with E-state index in [1.54, 1.807) is 10.9 Å². The quantitative estimate of drug-likeness (QED) is 0.434. The Morgan fingerprint density at radius 3 is 2.29 bits per heavy atom. The van der Waals surface area contributed by atoms with Crippen LogP contribution in [0.25, 0.3) is 28.0 Å². The van der Waals surface area contributed by atoms with Gasteiger partial charge in [0, 0.05) is 5.56 Å². The monoisotopic (exact) mass is 442 g/mol. The van der Waals surface area contributed by atoms with Crippen LogP contribution in [0.4, 0.5) is 0 Å². The topological polar surface area (TPSA) is 103 Å². The van der Waals surface area contributed by atoms with Gasteiger partial charge in [0.2, 0.25) is 11.8 Å². The fourth-order valence-corrected chi connectivity index (χ4v) is 4.30. The Hall–Kier alpha value is -4.96. The first-order valence-corrected chi connectivity index (χ1v) is 10.8. The van der Waals surface area contributed by atoms with E-state index < -0.39 is 5.92 Å². The predicted molar refractivity (Wildman–Crippen MR) is 128 cm³/mol. The Morgan fingerprint density at radius 2 is 1.56 bits per heavy atom. The number of allylic oxidation sites excluding steroid dienone is 1. The van der Waals surface area contributed by atoms with Crippen LogP contribution in [0.2, 0.25) is 0 Å². The van der Waals surface area contributed by atoms with Crippen LogP contribution in [0.15, 0.2) is 103 Å². The standard InChI is InChI=1S/C27H18N6O/c28-15-19-23(22-16-30-20-13-7-8-14-21(20)31-22)24-25(17-9-3-1-4-10-17)32-33(27(24)34-26(19)29)18-11-5-2-6-12-18/h1-14,16,23H,29H2/t23-/m0/s1. The van der Waals surface area contributed by atoms with Gasteiger partial charge in [-0.3, -0.25) is 4.98 Å². The molecule has 0 spiro atoms. The molecule has 0 saturated carbocycles. The van der Waals surface area contributed by atoms with Gasteiger partial charge in [-0.15, -0.1) is 0 Å². The molecule has 3 heterocycles. The summed E-state index contributed by atoms with van der Waals surface area (Å²) in [4.78, 5) is 9.44. The van der Waals surface area contributed by atoms with Crippen molar-refractivity contribution in [2.45, 2.75) is 5.92 Å². The molecule has 0 fully saturated rings. The second-order valence-electron chi connectivity index (χ2n) is 7.89. The second kappa shape index (κ2) is 7.87. The van der Waals surface area contributed by atoms with Gasteiger partial charge in [-0.1, -0.05) is 60.7 Å². The van der Waals surface area contributed by atoms with Crippen molar-refractivity contribution in [2.24, 2.45) is 5.73 Å². The minimum Gasteiger partial charge on any atom is -0.422 e. The average Bonchev–Trinajstić information content (AvgIpc) is 3.27. The molecule has 162 valence electrons. The highest BCUT2D eigenvalue weighted by Gasteiger charge is 2.38. The first-order chi connectivity index (χ1) is 16.7. The first kappa shape index (κ1) is 19.7. The van der Waals surface area contributed by atoms with Crippen LogP contribution in [0.1, 0.15) is 17.2 Å². The molecule has 2 N–H and O–H groups in total. The normalized spacial score (nSPS) is 15.0. The third-order valence-electron chi connectivity index (χ3n) is 5.86. The van der Waals surface area contributed by atoms with Crippen molar-refractivity contribution < 1.29 is 4.74 Å². The van der Waals surface area contributed by atoms with Crippen molar-refractivity contribution in [2.75, 3.05) is 0 Å². The number of nitrogens with zero attached hydrogens (tertiary/aromatic N) is 5. The lowest BCUT2D eigenvalue weighted by Crippen LogP contribution is -2.22. The maximum Gasteiger partial charge on any atom is 0.229 e. The van der Waals surface area contributed by atoms with E-state index in [9.17, 15) is 5.26 Å². The number of hydrogen-bond acceptors (Lipinski definition) is 6. The molecular weight excluding hydrogens is 424 g/mol. The van der Waals surface area contributed by atoms with Crippen molar-refractivity contribution in [3.8, 4) is 28.9 Å². The van der Waals surface area contributed by atoms with E-state index >= 15 is 0 Å². The van der Waals surface area contributed by atoms with E-state index in [0.717, 1.165) is 27.8 Å². The van der Waals surface area contributed by atoms with Gasteiger partial charge in [-0.2, -0.15) is 15.0 Å². The summed E-state index contributed by atoms with van der Waals surface area (Å²) in [5.74, 6) is -0.0910. The number of hydrogen-bond donors (Lipinski definition) is 1. The SMILES string of the molecule is N#CC1=C(N)Oc2c(c(-c3ccccc3)nn2-c2ccccc2)[C@@H]1c1cnc2ccccc2n1. The molecule has 0 bridgehead atoms. The molecule has 3 aromatic carbocycles. The molecule has 0 saturated heterocycles. The number of para-hydroxylation sites is 3. The van der Waals surface area contributed by atoms with E-state index in [4.69, 9.17) is 20.6 Å². The van der Waals surface area contributed by atoms with E-state index in [-0.39, 0.29) is 11.5 Å². The van der Waals surface area contributed by atoms with Crippen LogP contribution in [0.5, 0.6) is 5.88 Å². The van der Waals surface area contributed by atoms with Gasteiger partial charge < -0.3 is 10.5 Å². The summed E-state index contributed by atoms with van der Waals surface area (Å²) < 4.78 is 7.77. The Bertz CT molecular complexity index is 1600. The van der Waals surface area contributed by atoms with Gasteiger partial charge in [-0.25, -0.2) is 4.98 Å². The minimum absolute atomic E-state index is 0.0339. The van der Waals surface area contributed by atoms with E-state index in [1.165, 1.54) is 0 Å². The Balaban J connectivity index is 1.66. The molecule has 7 heteroatoms. The zero-order valence-corrected chi connectivity index (χ0v) is 18.0. The smallest absolute Gasteiger partial charge is 0.229 e. The molecule has 0 unspecified atom stereocenters. The van der Waals surface area contributed by atoms with Crippen molar-refractivity contribution in [1.82, 2.24) is 19.7 Å². The zero-order valence-electron chi connectivity index (χ0n) is 18.0. The summed E-state index contributed by atoms with van der Waals surface area (Å²) in [5, 5.41) is 15.0. The maximum absolute atomic E-state index is 10.1. The van der Waals surface area contributed by atoms with Crippen LogP contribution in [0, 0.1) is 11.3 Å². The number of nitrogens with two attached hydrogens (primary N) is 1. The third kappa shape index (κ3) is 3.09. The number of fused-ring (bicyclic) bond motifs is 2. The number of ether oxygens (including phenoxy) is 1. The Kier molecular flexibility index (Phi) is 4.56. The summed E-state index contributed by atoms with van der Waals surface area (Å²) in [6.45, 7) is 0. The summed E-state index contributed by atoms with van der Waals surface area (Å²) in [7, 11) is 0. The average molecular weight is 442 g/mol. The van der Waals surface area contributed by atoms with Crippen molar-refractivity contribution >= 4 is 11.0 Å². The largest absolute Gasteiger partial charge is 0.422 e. The van der Waals surface area contributed by atoms with Gasteiger partial charge in [0.15, 0.2) is 0 Å². The van der Waals surface area contributed by atoms with E-state index in [2.05, 4.69) is 11.1 Å². The lowest BCUT2D eigenvalue weighted by atomic mass is 9.86. The molecule has 1 aliphatic heterocycles. The third-order valence-corrected chi connectivity index (χ3v) is 5.86. The Morgan fingerprint density at radius 1 is 0.882 bits per heavy atom. The summed E-state index contributed by atoms with van der Waals surface area (Å²) in [6, 6.07) is 29.4. The molecule has 0 amide bonds. The molecule has 1 atom stereocenters. The van der Waals surface area contributed by atoms with Gasteiger partial charge in [0.05, 0.1) is 40.1 Å². The number of rotatable bonds is 3. The number of nitriles is 1. The van der Waals surface area contributed by atoms with Crippen molar-refractivity contribution in [1.29, 1.82) is 5.26 Å². The maximum atomic E-state index is 10.1. The van der Waals surface area contributed by atoms with Gasteiger partial charge in [0.1, 0.15) is 17.3 Å². The van der Waals surface area contributed by atoms with E-state index in [1.807, 2.05) is 84.9 Å². The highest BCUT2D eigenvalue weighted by molar-refractivity contribution is 5.75. The van der Waals surface area contributed by atoms with Crippen molar-refractivity contribution in [3.63, 3.8) is 0 Å². The molecule has 7 nitrogen and oxygen atoms in total. The van der Waals surface area contributed by atoms with Crippen LogP contribution in [-0.2, 0) is 0 Å². The van der Waals surface area contributed by atoms with Crippen LogP contribution in [-0.4, -0.2) is 19.7 Å². The lowest BCUT2D eigenvalue weighted by molar-refractivity contribution is 0.366. The minimum atomic E-state index is -0.585. The molecule has 5 aromatic rings. The Labute approximate surface area is 195 Å². The summed E-state index contributed by atoms with van der Waals surface area (Å²) in [6.07, 6.45) is 1.70. The van der Waals surface area contributed by atoms with E-state index in [0.29, 0.717) is 17.3 Å². The highest BCUT2D eigenvalue weighted by atomic mass is 16.5. The molecule has 0 aliphatic carbocycles. The first-order valence-electron chi connectivity index (χ1n) is 10.8. The van der Waals surface area contributed by atoms with Crippen molar-refractivity contribution in [3.05, 3.63) is 114 Å². The van der Waals surface area contributed by atoms with Crippen LogP contribution in [0.3, 0.4) is 0 Å². The molecule has 1 aliphatic rings. The molecule has 34 heavy (non-hydrogen) atoms.